The molecule has 1 amide bonds. The van der Waals surface area contributed by atoms with Crippen LogP contribution in [-0.4, -0.2) is 22.5 Å². The van der Waals surface area contributed by atoms with Gasteiger partial charge in [-0.25, -0.2) is 4.98 Å². The molecule has 0 radical (unpaired) electrons. The zero-order valence-electron chi connectivity index (χ0n) is 10.3. The van der Waals surface area contributed by atoms with Crippen LogP contribution >= 0.6 is 11.6 Å². The van der Waals surface area contributed by atoms with E-state index in [4.69, 9.17) is 16.3 Å². The maximum Gasteiger partial charge on any atom is 0.258 e. The molecule has 19 heavy (non-hydrogen) atoms. The summed E-state index contributed by atoms with van der Waals surface area (Å²) in [5.74, 6) is 0.0189. The number of rotatable bonds is 4. The van der Waals surface area contributed by atoms with Gasteiger partial charge in [0.2, 0.25) is 5.88 Å². The molecule has 98 valence electrons. The summed E-state index contributed by atoms with van der Waals surface area (Å²) in [5, 5.41) is 3.04. The molecule has 2 rings (SSSR count). The van der Waals surface area contributed by atoms with Crippen LogP contribution in [0.1, 0.15) is 17.3 Å². The third-order valence-electron chi connectivity index (χ3n) is 2.31. The van der Waals surface area contributed by atoms with Gasteiger partial charge >= 0.3 is 0 Å². The number of halogens is 1. The number of aromatic nitrogens is 2. The first-order valence-corrected chi connectivity index (χ1v) is 6.09. The van der Waals surface area contributed by atoms with Gasteiger partial charge in [0.15, 0.2) is 0 Å². The smallest absolute Gasteiger partial charge is 0.258 e. The topological polar surface area (TPSA) is 64.1 Å². The van der Waals surface area contributed by atoms with Gasteiger partial charge in [0.25, 0.3) is 5.91 Å². The normalized spacial score (nSPS) is 10.0. The van der Waals surface area contributed by atoms with Gasteiger partial charge in [0, 0.05) is 18.6 Å². The van der Waals surface area contributed by atoms with Crippen molar-refractivity contribution in [3.63, 3.8) is 0 Å². The Morgan fingerprint density at radius 1 is 1.42 bits per heavy atom. The largest absolute Gasteiger partial charge is 0.476 e. The fourth-order valence-electron chi connectivity index (χ4n) is 1.47. The summed E-state index contributed by atoms with van der Waals surface area (Å²) in [5.41, 5.74) is 0.796. The highest BCUT2D eigenvalue weighted by Crippen LogP contribution is 2.22. The second-order valence-electron chi connectivity index (χ2n) is 3.60. The van der Waals surface area contributed by atoms with E-state index in [1.807, 2.05) is 6.92 Å². The van der Waals surface area contributed by atoms with Crippen molar-refractivity contribution >= 4 is 23.2 Å². The lowest BCUT2D eigenvalue weighted by atomic mass is 10.2. The first-order chi connectivity index (χ1) is 9.22. The van der Waals surface area contributed by atoms with Gasteiger partial charge in [-0.15, -0.1) is 0 Å². The number of amides is 1. The third-order valence-corrected chi connectivity index (χ3v) is 2.64. The Labute approximate surface area is 115 Å². The van der Waals surface area contributed by atoms with Crippen LogP contribution in [0, 0.1) is 0 Å². The van der Waals surface area contributed by atoms with Crippen molar-refractivity contribution in [3.05, 3.63) is 47.4 Å². The van der Waals surface area contributed by atoms with Crippen molar-refractivity contribution in [2.75, 3.05) is 11.9 Å². The van der Waals surface area contributed by atoms with Gasteiger partial charge in [0.05, 0.1) is 17.2 Å². The van der Waals surface area contributed by atoms with Gasteiger partial charge in [-0.3, -0.25) is 9.78 Å². The summed E-state index contributed by atoms with van der Waals surface area (Å²) in [7, 11) is 0. The van der Waals surface area contributed by atoms with E-state index in [-0.39, 0.29) is 5.91 Å². The number of nitrogens with one attached hydrogen (secondary N) is 1. The quantitative estimate of drug-likeness (QED) is 0.933. The number of hydrogen-bond acceptors (Lipinski definition) is 4. The zero-order valence-corrected chi connectivity index (χ0v) is 11.0. The van der Waals surface area contributed by atoms with Crippen molar-refractivity contribution in [2.45, 2.75) is 6.92 Å². The number of anilines is 1. The van der Waals surface area contributed by atoms with Crippen molar-refractivity contribution in [3.8, 4) is 5.88 Å². The summed E-state index contributed by atoms with van der Waals surface area (Å²) in [6.45, 7) is 2.31. The van der Waals surface area contributed by atoms with Crippen LogP contribution in [0.5, 0.6) is 5.88 Å². The van der Waals surface area contributed by atoms with Crippen LogP contribution < -0.4 is 10.1 Å². The highest BCUT2D eigenvalue weighted by Gasteiger charge is 2.13. The molecule has 0 fully saturated rings. The van der Waals surface area contributed by atoms with E-state index < -0.39 is 0 Å². The van der Waals surface area contributed by atoms with Crippen LogP contribution in [0.3, 0.4) is 0 Å². The maximum atomic E-state index is 12.1. The Morgan fingerprint density at radius 2 is 2.26 bits per heavy atom. The van der Waals surface area contributed by atoms with Crippen molar-refractivity contribution in [2.24, 2.45) is 0 Å². The molecular formula is C13H12ClN3O2. The summed E-state index contributed by atoms with van der Waals surface area (Å²) >= 11 is 5.94. The van der Waals surface area contributed by atoms with Crippen LogP contribution in [0.4, 0.5) is 5.69 Å². The molecule has 0 saturated carbocycles. The highest BCUT2D eigenvalue weighted by molar-refractivity contribution is 6.34. The van der Waals surface area contributed by atoms with Gasteiger partial charge in [0.1, 0.15) is 5.69 Å². The number of hydrogen-bond donors (Lipinski definition) is 1. The predicted molar refractivity (Wildman–Crippen MR) is 72.6 cm³/mol. The molecule has 0 aliphatic rings. The van der Waals surface area contributed by atoms with Crippen molar-refractivity contribution in [1.29, 1.82) is 0 Å². The second kappa shape index (κ2) is 6.15. The molecule has 2 heterocycles. The summed E-state index contributed by atoms with van der Waals surface area (Å²) in [6, 6.07) is 4.98. The number of nitrogens with zero attached hydrogens (tertiary/aromatic N) is 2. The molecule has 0 aliphatic carbocycles. The van der Waals surface area contributed by atoms with Crippen LogP contribution in [0.2, 0.25) is 5.02 Å². The Balaban J connectivity index is 2.22. The number of carbonyl (C=O) groups is 1. The standard InChI is InChI=1S/C13H12ClN3O2/c1-2-19-13-11(4-3-6-16-13)17-12(18)9-8-15-7-5-10(9)14/h3-8H,2H2,1H3,(H,17,18). The van der Waals surface area contributed by atoms with Crippen LogP contribution in [0.25, 0.3) is 0 Å². The molecule has 1 N–H and O–H groups in total. The van der Waals surface area contributed by atoms with Gasteiger partial charge in [-0.1, -0.05) is 11.6 Å². The zero-order chi connectivity index (χ0) is 13.7. The molecule has 0 aromatic carbocycles. The SMILES string of the molecule is CCOc1ncccc1NC(=O)c1cnccc1Cl. The Kier molecular flexibility index (Phi) is 4.30. The molecule has 0 atom stereocenters. The van der Waals surface area contributed by atoms with E-state index in [0.29, 0.717) is 28.8 Å². The van der Waals surface area contributed by atoms with Gasteiger partial charge in [-0.2, -0.15) is 0 Å². The average Bonchev–Trinajstić information content (AvgIpc) is 2.41. The number of pyridine rings is 2. The van der Waals surface area contributed by atoms with Crippen LogP contribution in [0.15, 0.2) is 36.8 Å². The Bertz CT molecular complexity index is 590. The summed E-state index contributed by atoms with van der Waals surface area (Å²) < 4.78 is 5.33. The number of ether oxygens (including phenoxy) is 1. The van der Waals surface area contributed by atoms with E-state index in [1.165, 1.54) is 12.4 Å². The first-order valence-electron chi connectivity index (χ1n) is 5.71. The van der Waals surface area contributed by atoms with E-state index in [1.54, 1.807) is 24.4 Å². The van der Waals surface area contributed by atoms with Crippen molar-refractivity contribution in [1.82, 2.24) is 9.97 Å². The van der Waals surface area contributed by atoms with E-state index >= 15 is 0 Å². The molecule has 0 unspecified atom stereocenters. The van der Waals surface area contributed by atoms with Gasteiger partial charge < -0.3 is 10.1 Å². The molecule has 2 aromatic heterocycles. The molecule has 6 heteroatoms. The lowest BCUT2D eigenvalue weighted by Crippen LogP contribution is -2.14. The lowest BCUT2D eigenvalue weighted by molar-refractivity contribution is 0.102. The highest BCUT2D eigenvalue weighted by atomic mass is 35.5. The van der Waals surface area contributed by atoms with Crippen LogP contribution in [-0.2, 0) is 0 Å². The maximum absolute atomic E-state index is 12.1. The summed E-state index contributed by atoms with van der Waals surface area (Å²) in [6.07, 6.45) is 4.53. The molecular weight excluding hydrogens is 266 g/mol. The molecule has 0 bridgehead atoms. The molecule has 0 spiro atoms. The first kappa shape index (κ1) is 13.3. The Hall–Kier alpha value is -2.14. The molecule has 0 saturated heterocycles. The van der Waals surface area contributed by atoms with Gasteiger partial charge in [-0.05, 0) is 25.1 Å². The van der Waals surface area contributed by atoms with E-state index in [2.05, 4.69) is 15.3 Å². The number of carbonyl (C=O) groups excluding carboxylic acids is 1. The monoisotopic (exact) mass is 277 g/mol. The molecule has 0 aliphatic heterocycles. The molecule has 2 aromatic rings. The minimum absolute atomic E-state index is 0.301. The lowest BCUT2D eigenvalue weighted by Gasteiger charge is -2.10. The molecule has 5 nitrogen and oxygen atoms in total. The predicted octanol–water partition coefficient (Wildman–Crippen LogP) is 2.78. The fourth-order valence-corrected chi connectivity index (χ4v) is 1.66. The average molecular weight is 278 g/mol. The van der Waals surface area contributed by atoms with E-state index in [0.717, 1.165) is 0 Å². The third kappa shape index (κ3) is 3.20. The minimum Gasteiger partial charge on any atom is -0.476 e. The summed E-state index contributed by atoms with van der Waals surface area (Å²) in [4.78, 5) is 20.0. The fraction of sp³-hybridized carbons (Fsp3) is 0.154. The van der Waals surface area contributed by atoms with Crippen molar-refractivity contribution < 1.29 is 9.53 Å². The Morgan fingerprint density at radius 3 is 3.00 bits per heavy atom. The minimum atomic E-state index is -0.355. The second-order valence-corrected chi connectivity index (χ2v) is 4.01. The van der Waals surface area contributed by atoms with E-state index in [9.17, 15) is 4.79 Å².